The van der Waals surface area contributed by atoms with Crippen molar-refractivity contribution in [1.82, 2.24) is 10.9 Å². The van der Waals surface area contributed by atoms with E-state index in [1.165, 1.54) is 0 Å². The van der Waals surface area contributed by atoms with Crippen LogP contribution in [0, 0.1) is 0 Å². The zero-order valence-electron chi connectivity index (χ0n) is 11.8. The Kier molecular flexibility index (Phi) is 4.57. The van der Waals surface area contributed by atoms with Crippen molar-refractivity contribution in [3.63, 3.8) is 0 Å². The van der Waals surface area contributed by atoms with Crippen molar-refractivity contribution >= 4 is 23.2 Å². The van der Waals surface area contributed by atoms with Crippen LogP contribution in [0.25, 0.3) is 0 Å². The van der Waals surface area contributed by atoms with Gasteiger partial charge in [-0.25, -0.2) is 5.43 Å². The van der Waals surface area contributed by atoms with Crippen LogP contribution in [0.2, 0.25) is 0 Å². The summed E-state index contributed by atoms with van der Waals surface area (Å²) in [6.07, 6.45) is 0.170. The van der Waals surface area contributed by atoms with Gasteiger partial charge in [0.2, 0.25) is 11.8 Å². The highest BCUT2D eigenvalue weighted by atomic mass is 16.2. The molecule has 6 nitrogen and oxygen atoms in total. The van der Waals surface area contributed by atoms with Crippen molar-refractivity contribution in [2.75, 3.05) is 23.3 Å². The van der Waals surface area contributed by atoms with E-state index >= 15 is 0 Å². The minimum Gasteiger partial charge on any atom is -0.372 e. The molecule has 0 radical (unpaired) electrons. The summed E-state index contributed by atoms with van der Waals surface area (Å²) in [5.74, 6) is -0.374. The van der Waals surface area contributed by atoms with Crippen LogP contribution in [0.3, 0.4) is 0 Å². The summed E-state index contributed by atoms with van der Waals surface area (Å²) < 4.78 is 0. The number of anilines is 2. The normalized spacial score (nSPS) is 17.7. The number of hydrazine groups is 1. The number of rotatable bonds is 5. The molecule has 0 saturated carbocycles. The molecule has 1 aliphatic heterocycles. The van der Waals surface area contributed by atoms with Crippen LogP contribution in [-0.2, 0) is 9.59 Å². The van der Waals surface area contributed by atoms with E-state index in [4.69, 9.17) is 0 Å². The lowest BCUT2D eigenvalue weighted by Gasteiger charge is -2.21. The Hall–Kier alpha value is -2.08. The summed E-state index contributed by atoms with van der Waals surface area (Å²) in [5, 5.41) is 2.79. The Balaban J connectivity index is 1.96. The van der Waals surface area contributed by atoms with E-state index in [0.29, 0.717) is 0 Å². The van der Waals surface area contributed by atoms with Gasteiger partial charge in [0.15, 0.2) is 0 Å². The van der Waals surface area contributed by atoms with E-state index in [1.54, 1.807) is 0 Å². The molecule has 2 amide bonds. The first kappa shape index (κ1) is 14.3. The number of nitrogens with one attached hydrogen (secondary N) is 3. The number of carbonyl (C=O) groups excluding carboxylic acids is 2. The van der Waals surface area contributed by atoms with Gasteiger partial charge in [-0.1, -0.05) is 0 Å². The lowest BCUT2D eigenvalue weighted by molar-refractivity contribution is -0.121. The second kappa shape index (κ2) is 6.38. The van der Waals surface area contributed by atoms with E-state index in [-0.39, 0.29) is 18.2 Å². The van der Waals surface area contributed by atoms with Gasteiger partial charge in [0, 0.05) is 24.5 Å². The minimum atomic E-state index is -0.509. The quantitative estimate of drug-likeness (QED) is 0.746. The molecule has 1 aromatic carbocycles. The molecule has 0 aliphatic carbocycles. The zero-order chi connectivity index (χ0) is 14.5. The average molecular weight is 276 g/mol. The molecular formula is C14H20N4O2. The van der Waals surface area contributed by atoms with Crippen LogP contribution in [-0.4, -0.2) is 30.9 Å². The van der Waals surface area contributed by atoms with Crippen molar-refractivity contribution in [2.24, 2.45) is 0 Å². The first-order valence-corrected chi connectivity index (χ1v) is 6.84. The van der Waals surface area contributed by atoms with Gasteiger partial charge >= 0.3 is 0 Å². The minimum absolute atomic E-state index is 0.165. The summed E-state index contributed by atoms with van der Waals surface area (Å²) in [6, 6.07) is 7.19. The maximum atomic E-state index is 11.9. The highest BCUT2D eigenvalue weighted by molar-refractivity contribution is 5.99. The number of hydrogen-bond acceptors (Lipinski definition) is 4. The van der Waals surface area contributed by atoms with Crippen molar-refractivity contribution in [3.05, 3.63) is 24.3 Å². The number of benzene rings is 1. The third kappa shape index (κ3) is 3.27. The fourth-order valence-electron chi connectivity index (χ4n) is 2.19. The van der Waals surface area contributed by atoms with Gasteiger partial charge in [-0.05, 0) is 38.1 Å². The molecule has 20 heavy (non-hydrogen) atoms. The maximum absolute atomic E-state index is 11.9. The predicted molar refractivity (Wildman–Crippen MR) is 78.3 cm³/mol. The molecule has 2 rings (SSSR count). The largest absolute Gasteiger partial charge is 0.372 e. The molecule has 1 fully saturated rings. The van der Waals surface area contributed by atoms with Crippen LogP contribution in [0.4, 0.5) is 11.4 Å². The highest BCUT2D eigenvalue weighted by Gasteiger charge is 2.27. The highest BCUT2D eigenvalue weighted by Crippen LogP contribution is 2.18. The van der Waals surface area contributed by atoms with Crippen LogP contribution in [0.15, 0.2) is 24.3 Å². The topological polar surface area (TPSA) is 73.5 Å². The Morgan fingerprint density at radius 3 is 2.45 bits per heavy atom. The molecule has 0 spiro atoms. The smallest absolute Gasteiger partial charge is 0.243 e. The molecule has 1 atom stereocenters. The third-order valence-corrected chi connectivity index (χ3v) is 3.36. The lowest BCUT2D eigenvalue weighted by atomic mass is 10.2. The van der Waals surface area contributed by atoms with Crippen molar-refractivity contribution in [3.8, 4) is 0 Å². The van der Waals surface area contributed by atoms with E-state index in [9.17, 15) is 9.59 Å². The van der Waals surface area contributed by atoms with Gasteiger partial charge in [0.05, 0.1) is 6.42 Å². The second-order valence-corrected chi connectivity index (χ2v) is 4.66. The maximum Gasteiger partial charge on any atom is 0.243 e. The summed E-state index contributed by atoms with van der Waals surface area (Å²) in [4.78, 5) is 25.2. The van der Waals surface area contributed by atoms with E-state index in [1.807, 2.05) is 24.3 Å². The van der Waals surface area contributed by atoms with E-state index in [0.717, 1.165) is 24.5 Å². The van der Waals surface area contributed by atoms with Crippen molar-refractivity contribution in [2.45, 2.75) is 26.3 Å². The van der Waals surface area contributed by atoms with Gasteiger partial charge in [-0.15, -0.1) is 0 Å². The molecule has 1 heterocycles. The fraction of sp³-hybridized carbons (Fsp3) is 0.429. The number of carbonyl (C=O) groups is 2. The SMILES string of the molecule is CCN(CC)c1ccc(NC(=O)C2CC(=O)NN2)cc1. The van der Waals surface area contributed by atoms with Gasteiger partial charge in [0.25, 0.3) is 0 Å². The van der Waals surface area contributed by atoms with Crippen LogP contribution in [0.1, 0.15) is 20.3 Å². The van der Waals surface area contributed by atoms with Gasteiger partial charge in [-0.2, -0.15) is 0 Å². The average Bonchev–Trinajstić information content (AvgIpc) is 2.89. The fourth-order valence-corrected chi connectivity index (χ4v) is 2.19. The van der Waals surface area contributed by atoms with Gasteiger partial charge in [-0.3, -0.25) is 15.0 Å². The van der Waals surface area contributed by atoms with Gasteiger partial charge in [0.1, 0.15) is 6.04 Å². The molecule has 0 bridgehead atoms. The number of hydrogen-bond donors (Lipinski definition) is 3. The van der Waals surface area contributed by atoms with Gasteiger partial charge < -0.3 is 10.2 Å². The molecular weight excluding hydrogens is 256 g/mol. The summed E-state index contributed by atoms with van der Waals surface area (Å²) in [7, 11) is 0. The summed E-state index contributed by atoms with van der Waals surface area (Å²) in [6.45, 7) is 6.11. The zero-order valence-corrected chi connectivity index (χ0v) is 11.8. The molecule has 1 unspecified atom stereocenters. The van der Waals surface area contributed by atoms with E-state index < -0.39 is 6.04 Å². The number of nitrogens with zero attached hydrogens (tertiary/aromatic N) is 1. The van der Waals surface area contributed by atoms with E-state index in [2.05, 4.69) is 34.9 Å². The Labute approximate surface area is 118 Å². The van der Waals surface area contributed by atoms with Crippen LogP contribution >= 0.6 is 0 Å². The molecule has 1 aromatic rings. The first-order valence-electron chi connectivity index (χ1n) is 6.84. The van der Waals surface area contributed by atoms with Crippen LogP contribution in [0.5, 0.6) is 0 Å². The third-order valence-electron chi connectivity index (χ3n) is 3.36. The monoisotopic (exact) mass is 276 g/mol. The molecule has 1 aliphatic rings. The lowest BCUT2D eigenvalue weighted by Crippen LogP contribution is -2.39. The number of amides is 2. The molecule has 108 valence electrons. The molecule has 6 heteroatoms. The molecule has 0 aromatic heterocycles. The molecule has 1 saturated heterocycles. The summed E-state index contributed by atoms with van der Waals surface area (Å²) in [5.41, 5.74) is 6.93. The molecule has 3 N–H and O–H groups in total. The Bertz CT molecular complexity index is 482. The standard InChI is InChI=1S/C14H20N4O2/c1-3-18(4-2)11-7-5-10(6-8-11)15-14(20)12-9-13(19)17-16-12/h5-8,12,16H,3-4,9H2,1-2H3,(H,15,20)(H,17,19). The Morgan fingerprint density at radius 2 is 1.95 bits per heavy atom. The predicted octanol–water partition coefficient (Wildman–Crippen LogP) is 0.864. The first-order chi connectivity index (χ1) is 9.63. The summed E-state index contributed by atoms with van der Waals surface area (Å²) >= 11 is 0. The Morgan fingerprint density at radius 1 is 1.30 bits per heavy atom. The van der Waals surface area contributed by atoms with Crippen molar-refractivity contribution < 1.29 is 9.59 Å². The van der Waals surface area contributed by atoms with Crippen molar-refractivity contribution in [1.29, 1.82) is 0 Å². The van der Waals surface area contributed by atoms with Crippen LogP contribution < -0.4 is 21.1 Å². The second-order valence-electron chi connectivity index (χ2n) is 4.66.